The van der Waals surface area contributed by atoms with Gasteiger partial charge in [-0.15, -0.1) is 6.58 Å². The average Bonchev–Trinajstić information content (AvgIpc) is 2.43. The number of nitrogens with one attached hydrogen (secondary N) is 1. The van der Waals surface area contributed by atoms with E-state index < -0.39 is 10.0 Å². The molecule has 1 rings (SSSR count). The van der Waals surface area contributed by atoms with Crippen molar-refractivity contribution in [2.45, 2.75) is 18.2 Å². The van der Waals surface area contributed by atoms with Gasteiger partial charge in [-0.05, 0) is 18.2 Å². The summed E-state index contributed by atoms with van der Waals surface area (Å²) in [7, 11) is -2.35. The molecule has 0 atom stereocenters. The largest absolute Gasteiger partial charge is 0.495 e. The van der Waals surface area contributed by atoms with Crippen LogP contribution in [0.2, 0.25) is 0 Å². The Bertz CT molecular complexity index is 578. The molecule has 19 heavy (non-hydrogen) atoms. The Morgan fingerprint density at radius 3 is 2.68 bits per heavy atom. The Labute approximate surface area is 113 Å². The van der Waals surface area contributed by atoms with Crippen LogP contribution in [-0.4, -0.2) is 27.9 Å². The van der Waals surface area contributed by atoms with Crippen LogP contribution in [0.1, 0.15) is 23.7 Å². The van der Waals surface area contributed by atoms with Crippen LogP contribution in [0.15, 0.2) is 35.7 Å². The highest BCUT2D eigenvalue weighted by molar-refractivity contribution is 7.89. The van der Waals surface area contributed by atoms with Gasteiger partial charge >= 0.3 is 0 Å². The van der Waals surface area contributed by atoms with Crippen LogP contribution in [0.3, 0.4) is 0 Å². The van der Waals surface area contributed by atoms with Crippen molar-refractivity contribution in [3.8, 4) is 5.75 Å². The van der Waals surface area contributed by atoms with Gasteiger partial charge in [0.05, 0.1) is 7.11 Å². The molecule has 0 saturated heterocycles. The predicted molar refractivity (Wildman–Crippen MR) is 73.0 cm³/mol. The van der Waals surface area contributed by atoms with Gasteiger partial charge in [-0.25, -0.2) is 13.1 Å². The number of benzene rings is 1. The van der Waals surface area contributed by atoms with Gasteiger partial charge in [0, 0.05) is 18.5 Å². The second-order valence-corrected chi connectivity index (χ2v) is 5.52. The minimum atomic E-state index is -3.73. The van der Waals surface area contributed by atoms with Gasteiger partial charge in [-0.2, -0.15) is 0 Å². The van der Waals surface area contributed by atoms with Gasteiger partial charge in [0.15, 0.2) is 5.78 Å². The lowest BCUT2D eigenvalue weighted by atomic mass is 10.1. The maximum Gasteiger partial charge on any atom is 0.244 e. The van der Waals surface area contributed by atoms with E-state index in [4.69, 9.17) is 4.74 Å². The molecule has 0 radical (unpaired) electrons. The zero-order valence-corrected chi connectivity index (χ0v) is 11.8. The second kappa shape index (κ2) is 6.49. The zero-order valence-electron chi connectivity index (χ0n) is 11.0. The fraction of sp³-hybridized carbons (Fsp3) is 0.308. The molecule has 1 aromatic rings. The Morgan fingerprint density at radius 2 is 2.16 bits per heavy atom. The maximum atomic E-state index is 12.1. The van der Waals surface area contributed by atoms with Crippen LogP contribution >= 0.6 is 0 Å². The third-order valence-electron chi connectivity index (χ3n) is 2.51. The molecule has 0 aliphatic rings. The molecule has 0 spiro atoms. The second-order valence-electron chi connectivity index (χ2n) is 3.78. The summed E-state index contributed by atoms with van der Waals surface area (Å²) in [6, 6.07) is 4.36. The third-order valence-corrected chi connectivity index (χ3v) is 3.96. The lowest BCUT2D eigenvalue weighted by molar-refractivity contribution is 0.0988. The average molecular weight is 283 g/mol. The van der Waals surface area contributed by atoms with Crippen molar-refractivity contribution < 1.29 is 17.9 Å². The smallest absolute Gasteiger partial charge is 0.244 e. The Morgan fingerprint density at radius 1 is 1.47 bits per heavy atom. The highest BCUT2D eigenvalue weighted by atomic mass is 32.2. The predicted octanol–water partition coefficient (Wildman–Crippen LogP) is 1.75. The van der Waals surface area contributed by atoms with E-state index in [2.05, 4.69) is 11.3 Å². The topological polar surface area (TPSA) is 72.5 Å². The minimum absolute atomic E-state index is 0.0452. The van der Waals surface area contributed by atoms with Crippen molar-refractivity contribution in [2.24, 2.45) is 0 Å². The molecular weight excluding hydrogens is 266 g/mol. The van der Waals surface area contributed by atoms with Crippen molar-refractivity contribution in [3.05, 3.63) is 36.4 Å². The molecule has 0 amide bonds. The Kier molecular flexibility index (Phi) is 5.26. The first-order valence-corrected chi connectivity index (χ1v) is 7.26. The first-order valence-electron chi connectivity index (χ1n) is 5.78. The standard InChI is InChI=1S/C13H17NO4S/c1-4-8-14-19(16,17)13-9-10(11(15)5-2)6-7-12(13)18-3/h4,6-7,9,14H,1,5,8H2,2-3H3. The number of carbonyl (C=O) groups excluding carboxylic acids is 1. The first-order chi connectivity index (χ1) is 8.96. The van der Waals surface area contributed by atoms with Gasteiger partial charge in [0.25, 0.3) is 0 Å². The van der Waals surface area contributed by atoms with E-state index in [0.29, 0.717) is 12.0 Å². The molecule has 5 nitrogen and oxygen atoms in total. The van der Waals surface area contributed by atoms with Crippen LogP contribution in [-0.2, 0) is 10.0 Å². The quantitative estimate of drug-likeness (QED) is 0.611. The summed E-state index contributed by atoms with van der Waals surface area (Å²) in [6.07, 6.45) is 1.75. The molecule has 1 N–H and O–H groups in total. The highest BCUT2D eigenvalue weighted by Crippen LogP contribution is 2.25. The number of sulfonamides is 1. The minimum Gasteiger partial charge on any atom is -0.495 e. The summed E-state index contributed by atoms with van der Waals surface area (Å²) in [6.45, 7) is 5.27. The molecule has 0 aromatic heterocycles. The fourth-order valence-corrected chi connectivity index (χ4v) is 2.70. The number of Topliss-reactive ketones (excluding diaryl/α,β-unsaturated/α-hetero) is 1. The van der Waals surface area contributed by atoms with Crippen LogP contribution in [0.4, 0.5) is 0 Å². The number of carbonyl (C=O) groups is 1. The van der Waals surface area contributed by atoms with Gasteiger partial charge < -0.3 is 4.74 Å². The van der Waals surface area contributed by atoms with E-state index in [1.54, 1.807) is 13.0 Å². The maximum absolute atomic E-state index is 12.1. The summed E-state index contributed by atoms with van der Waals surface area (Å²) in [4.78, 5) is 11.6. The fourth-order valence-electron chi connectivity index (χ4n) is 1.51. The molecule has 0 unspecified atom stereocenters. The van der Waals surface area contributed by atoms with Crippen LogP contribution in [0.25, 0.3) is 0 Å². The summed E-state index contributed by atoms with van der Waals surface area (Å²) < 4.78 is 31.5. The molecular formula is C13H17NO4S. The lowest BCUT2D eigenvalue weighted by Gasteiger charge is -2.11. The SMILES string of the molecule is C=CCNS(=O)(=O)c1cc(C(=O)CC)ccc1OC. The normalized spacial score (nSPS) is 11.1. The van der Waals surface area contributed by atoms with Crippen molar-refractivity contribution >= 4 is 15.8 Å². The van der Waals surface area contributed by atoms with Crippen molar-refractivity contribution in [3.63, 3.8) is 0 Å². The lowest BCUT2D eigenvalue weighted by Crippen LogP contribution is -2.24. The molecule has 1 aromatic carbocycles. The monoisotopic (exact) mass is 283 g/mol. The van der Waals surface area contributed by atoms with Gasteiger partial charge in [0.1, 0.15) is 10.6 Å². The molecule has 0 aliphatic carbocycles. The van der Waals surface area contributed by atoms with E-state index >= 15 is 0 Å². The molecule has 6 heteroatoms. The third kappa shape index (κ3) is 3.65. The zero-order chi connectivity index (χ0) is 14.5. The van der Waals surface area contributed by atoms with Crippen molar-refractivity contribution in [1.29, 1.82) is 0 Å². The number of ether oxygens (including phenoxy) is 1. The number of ketones is 1. The molecule has 0 fully saturated rings. The number of hydrogen-bond donors (Lipinski definition) is 1. The molecule has 104 valence electrons. The highest BCUT2D eigenvalue weighted by Gasteiger charge is 2.20. The van der Waals surface area contributed by atoms with Crippen molar-refractivity contribution in [1.82, 2.24) is 4.72 Å². The molecule has 0 bridgehead atoms. The van der Waals surface area contributed by atoms with Crippen LogP contribution in [0, 0.1) is 0 Å². The Balaban J connectivity index is 3.30. The number of methoxy groups -OCH3 is 1. The molecule has 0 saturated carbocycles. The van der Waals surface area contributed by atoms with Gasteiger partial charge in [-0.1, -0.05) is 13.0 Å². The van der Waals surface area contributed by atoms with Crippen LogP contribution < -0.4 is 9.46 Å². The molecule has 0 aliphatic heterocycles. The van der Waals surface area contributed by atoms with E-state index in [1.807, 2.05) is 0 Å². The summed E-state index contributed by atoms with van der Waals surface area (Å²) >= 11 is 0. The van der Waals surface area contributed by atoms with Gasteiger partial charge in [-0.3, -0.25) is 4.79 Å². The number of rotatable bonds is 7. The van der Waals surface area contributed by atoms with E-state index in [1.165, 1.54) is 25.3 Å². The summed E-state index contributed by atoms with van der Waals surface area (Å²) in [5.41, 5.74) is 0.349. The van der Waals surface area contributed by atoms with Gasteiger partial charge in [0.2, 0.25) is 10.0 Å². The van der Waals surface area contributed by atoms with Crippen LogP contribution in [0.5, 0.6) is 5.75 Å². The summed E-state index contributed by atoms with van der Waals surface area (Å²) in [5.74, 6) is 0.0760. The first kappa shape index (κ1) is 15.4. The summed E-state index contributed by atoms with van der Waals surface area (Å²) in [5, 5.41) is 0. The Hall–Kier alpha value is -1.66. The number of hydrogen-bond acceptors (Lipinski definition) is 4. The van der Waals surface area contributed by atoms with E-state index in [0.717, 1.165) is 0 Å². The van der Waals surface area contributed by atoms with Crippen molar-refractivity contribution in [2.75, 3.05) is 13.7 Å². The van der Waals surface area contributed by atoms with E-state index in [9.17, 15) is 13.2 Å². The molecule has 0 heterocycles. The van der Waals surface area contributed by atoms with E-state index in [-0.39, 0.29) is 23.0 Å².